The van der Waals surface area contributed by atoms with Crippen LogP contribution in [-0.4, -0.2) is 56.1 Å². The maximum Gasteiger partial charge on any atom is 0.358 e. The summed E-state index contributed by atoms with van der Waals surface area (Å²) in [6, 6.07) is 2.95. The summed E-state index contributed by atoms with van der Waals surface area (Å²) in [7, 11) is 2.60. The maximum absolute atomic E-state index is 11.2. The number of imidazole rings is 2. The third-order valence-electron chi connectivity index (χ3n) is 4.46. The Morgan fingerprint density at radius 1 is 1.13 bits per heavy atom. The van der Waals surface area contributed by atoms with Gasteiger partial charge in [0.1, 0.15) is 11.5 Å². The standard InChI is InChI=1S/C9H7N3O4.C9H13N3O2/c1-16-9(13)7-5-11-4-6(12(14)15)2-3-8(11)10-7;1-14-9(13)7-5-12-4-6(10)2-3-8(12)11-7/h2-5H,1H3;5-6H,2-4,10H2,1H3. The van der Waals surface area contributed by atoms with Gasteiger partial charge in [0.15, 0.2) is 11.4 Å². The molecule has 0 spiro atoms. The van der Waals surface area contributed by atoms with Gasteiger partial charge in [0.05, 0.1) is 25.3 Å². The highest BCUT2D eigenvalue weighted by molar-refractivity contribution is 5.88. The number of fused-ring (bicyclic) bond motifs is 2. The number of carbonyl (C=O) groups excluding carboxylic acids is 2. The fourth-order valence-electron chi connectivity index (χ4n) is 2.96. The van der Waals surface area contributed by atoms with E-state index in [2.05, 4.69) is 19.4 Å². The highest BCUT2D eigenvalue weighted by Gasteiger charge is 2.20. The Hall–Kier alpha value is -3.80. The Labute approximate surface area is 170 Å². The number of rotatable bonds is 3. The molecular weight excluding hydrogens is 396 g/mol. The molecule has 0 fully saturated rings. The number of esters is 2. The van der Waals surface area contributed by atoms with Crippen LogP contribution in [-0.2, 0) is 22.4 Å². The Balaban J connectivity index is 0.000000172. The van der Waals surface area contributed by atoms with Crippen molar-refractivity contribution >= 4 is 23.3 Å². The summed E-state index contributed by atoms with van der Waals surface area (Å²) in [4.78, 5) is 40.5. The zero-order valence-electron chi connectivity index (χ0n) is 16.3. The van der Waals surface area contributed by atoms with Gasteiger partial charge in [-0.2, -0.15) is 0 Å². The Morgan fingerprint density at radius 3 is 2.43 bits per heavy atom. The molecule has 2 N–H and O–H groups in total. The molecule has 3 aromatic rings. The average Bonchev–Trinajstić information content (AvgIpc) is 3.36. The first-order chi connectivity index (χ1) is 14.3. The Bertz CT molecular complexity index is 1100. The van der Waals surface area contributed by atoms with Gasteiger partial charge in [-0.05, 0) is 12.5 Å². The predicted molar refractivity (Wildman–Crippen MR) is 103 cm³/mol. The van der Waals surface area contributed by atoms with E-state index in [0.717, 1.165) is 25.2 Å². The minimum absolute atomic E-state index is 0.0682. The molecule has 1 unspecified atom stereocenters. The van der Waals surface area contributed by atoms with Crippen molar-refractivity contribution < 1.29 is 24.0 Å². The van der Waals surface area contributed by atoms with E-state index in [4.69, 9.17) is 5.73 Å². The van der Waals surface area contributed by atoms with E-state index in [9.17, 15) is 19.7 Å². The number of hydrogen-bond acceptors (Lipinski definition) is 9. The molecular formula is C18H20N6O6. The first-order valence-electron chi connectivity index (χ1n) is 8.93. The van der Waals surface area contributed by atoms with E-state index < -0.39 is 10.9 Å². The van der Waals surface area contributed by atoms with E-state index in [0.29, 0.717) is 11.3 Å². The second-order valence-corrected chi connectivity index (χ2v) is 6.51. The van der Waals surface area contributed by atoms with Crippen LogP contribution in [0.3, 0.4) is 0 Å². The van der Waals surface area contributed by atoms with Gasteiger partial charge >= 0.3 is 11.9 Å². The van der Waals surface area contributed by atoms with E-state index in [1.807, 2.05) is 4.57 Å². The number of carbonyl (C=O) groups is 2. The van der Waals surface area contributed by atoms with Gasteiger partial charge in [-0.3, -0.25) is 14.5 Å². The number of nitrogens with two attached hydrogens (primary N) is 1. The maximum atomic E-state index is 11.2. The van der Waals surface area contributed by atoms with Gasteiger partial charge in [-0.1, -0.05) is 0 Å². The Kier molecular flexibility index (Phi) is 6.06. The molecule has 0 amide bonds. The lowest BCUT2D eigenvalue weighted by atomic mass is 10.1. The van der Waals surface area contributed by atoms with Crippen LogP contribution in [0.4, 0.5) is 5.69 Å². The van der Waals surface area contributed by atoms with E-state index >= 15 is 0 Å². The number of aromatic nitrogens is 4. The minimum Gasteiger partial charge on any atom is -0.464 e. The van der Waals surface area contributed by atoms with Gasteiger partial charge < -0.3 is 19.8 Å². The normalized spacial score (nSPS) is 15.0. The van der Waals surface area contributed by atoms with Crippen LogP contribution in [0.1, 0.15) is 33.2 Å². The third kappa shape index (κ3) is 4.43. The van der Waals surface area contributed by atoms with Crippen LogP contribution in [0.5, 0.6) is 0 Å². The smallest absolute Gasteiger partial charge is 0.358 e. The summed E-state index contributed by atoms with van der Waals surface area (Å²) in [6.07, 6.45) is 6.14. The molecule has 158 valence electrons. The third-order valence-corrected chi connectivity index (χ3v) is 4.46. The molecule has 0 saturated carbocycles. The van der Waals surface area contributed by atoms with Crippen molar-refractivity contribution in [3.05, 3.63) is 58.0 Å². The van der Waals surface area contributed by atoms with Crippen LogP contribution in [0.2, 0.25) is 0 Å². The summed E-state index contributed by atoms with van der Waals surface area (Å²) >= 11 is 0. The second kappa shape index (κ2) is 8.69. The fourth-order valence-corrected chi connectivity index (χ4v) is 2.96. The largest absolute Gasteiger partial charge is 0.464 e. The van der Waals surface area contributed by atoms with Crippen molar-refractivity contribution in [1.29, 1.82) is 0 Å². The SMILES string of the molecule is COC(=O)c1cn2c(n1)CCC(N)C2.COC(=O)c1cn2cc([N+](=O)[O-])ccc2n1. The van der Waals surface area contributed by atoms with E-state index in [1.165, 1.54) is 43.1 Å². The molecule has 4 rings (SSSR count). The van der Waals surface area contributed by atoms with Crippen LogP contribution in [0.15, 0.2) is 30.7 Å². The summed E-state index contributed by atoms with van der Waals surface area (Å²) in [5, 5.41) is 10.5. The average molecular weight is 416 g/mol. The number of nitrogens with zero attached hydrogens (tertiary/aromatic N) is 5. The number of methoxy groups -OCH3 is 2. The summed E-state index contributed by atoms with van der Waals surface area (Å²) < 4.78 is 12.4. The predicted octanol–water partition coefficient (Wildman–Crippen LogP) is 0.972. The van der Waals surface area contributed by atoms with Crippen LogP contribution >= 0.6 is 0 Å². The number of ether oxygens (including phenoxy) is 2. The molecule has 1 aliphatic heterocycles. The first kappa shape index (κ1) is 20.9. The highest BCUT2D eigenvalue weighted by atomic mass is 16.6. The number of aryl methyl sites for hydroxylation is 1. The van der Waals surface area contributed by atoms with Gasteiger partial charge in [0.2, 0.25) is 0 Å². The molecule has 0 bridgehead atoms. The number of pyridine rings is 1. The van der Waals surface area contributed by atoms with E-state index in [1.54, 1.807) is 6.20 Å². The van der Waals surface area contributed by atoms with Crippen molar-refractivity contribution in [2.75, 3.05) is 14.2 Å². The van der Waals surface area contributed by atoms with Gasteiger partial charge in [-0.15, -0.1) is 0 Å². The number of nitro groups is 1. The van der Waals surface area contributed by atoms with E-state index in [-0.39, 0.29) is 23.4 Å². The lowest BCUT2D eigenvalue weighted by molar-refractivity contribution is -0.385. The quantitative estimate of drug-likeness (QED) is 0.373. The van der Waals surface area contributed by atoms with Gasteiger partial charge in [0, 0.05) is 37.5 Å². The lowest BCUT2D eigenvalue weighted by Gasteiger charge is -2.19. The zero-order valence-corrected chi connectivity index (χ0v) is 16.3. The molecule has 30 heavy (non-hydrogen) atoms. The first-order valence-corrected chi connectivity index (χ1v) is 8.93. The number of hydrogen-bond donors (Lipinski definition) is 1. The van der Waals surface area contributed by atoms with Gasteiger partial charge in [-0.25, -0.2) is 19.6 Å². The summed E-state index contributed by atoms with van der Waals surface area (Å²) in [5.41, 5.74) is 6.67. The molecule has 0 radical (unpaired) electrons. The molecule has 12 nitrogen and oxygen atoms in total. The summed E-state index contributed by atoms with van der Waals surface area (Å²) in [6.45, 7) is 0.735. The van der Waals surface area contributed by atoms with Crippen molar-refractivity contribution in [2.24, 2.45) is 5.73 Å². The molecule has 4 heterocycles. The zero-order chi connectivity index (χ0) is 21.8. The van der Waals surface area contributed by atoms with Crippen molar-refractivity contribution in [1.82, 2.24) is 18.9 Å². The molecule has 1 aliphatic rings. The summed E-state index contributed by atoms with van der Waals surface area (Å²) in [5.74, 6) is -0.0427. The van der Waals surface area contributed by atoms with Gasteiger partial charge in [0.25, 0.3) is 5.69 Å². The monoisotopic (exact) mass is 416 g/mol. The van der Waals surface area contributed by atoms with Crippen LogP contribution in [0.25, 0.3) is 5.65 Å². The fraction of sp³-hybridized carbons (Fsp3) is 0.333. The second-order valence-electron chi connectivity index (χ2n) is 6.51. The molecule has 0 saturated heterocycles. The van der Waals surface area contributed by atoms with Crippen molar-refractivity contribution in [3.8, 4) is 0 Å². The lowest BCUT2D eigenvalue weighted by Crippen LogP contribution is -2.31. The molecule has 1 atom stereocenters. The van der Waals surface area contributed by atoms with Crippen molar-refractivity contribution in [3.63, 3.8) is 0 Å². The molecule has 0 aliphatic carbocycles. The highest BCUT2D eigenvalue weighted by Crippen LogP contribution is 2.15. The van der Waals surface area contributed by atoms with Crippen molar-refractivity contribution in [2.45, 2.75) is 25.4 Å². The van der Waals surface area contributed by atoms with Crippen LogP contribution < -0.4 is 5.73 Å². The van der Waals surface area contributed by atoms with Crippen LogP contribution in [0, 0.1) is 10.1 Å². The molecule has 0 aromatic carbocycles. The molecule has 12 heteroatoms. The minimum atomic E-state index is -0.577. The molecule has 3 aromatic heterocycles. The topological polar surface area (TPSA) is 157 Å². The Morgan fingerprint density at radius 2 is 1.80 bits per heavy atom.